The molecule has 0 fully saturated rings. The lowest BCUT2D eigenvalue weighted by molar-refractivity contribution is 0.571. The minimum Gasteiger partial charge on any atom is -0.316 e. The Balaban J connectivity index is 2.25. The maximum atomic E-state index is 13.4. The van der Waals surface area contributed by atoms with Gasteiger partial charge in [-0.15, -0.1) is 11.3 Å². The molecule has 20 heavy (non-hydrogen) atoms. The molecule has 0 saturated heterocycles. The Bertz CT molecular complexity index is 584. The van der Waals surface area contributed by atoms with E-state index in [1.807, 2.05) is 13.1 Å². The van der Waals surface area contributed by atoms with Gasteiger partial charge in [0, 0.05) is 23.8 Å². The highest BCUT2D eigenvalue weighted by Crippen LogP contribution is 2.26. The second-order valence-electron chi connectivity index (χ2n) is 6.00. The zero-order valence-corrected chi connectivity index (χ0v) is 13.3. The lowest BCUT2D eigenvalue weighted by Crippen LogP contribution is -2.12. The molecule has 1 N–H and O–H groups in total. The first-order valence-corrected chi connectivity index (χ1v) is 7.65. The largest absolute Gasteiger partial charge is 0.316 e. The molecule has 1 aromatic heterocycles. The lowest BCUT2D eigenvalue weighted by Gasteiger charge is -2.14. The van der Waals surface area contributed by atoms with Gasteiger partial charge in [0.1, 0.15) is 5.82 Å². The van der Waals surface area contributed by atoms with Crippen LogP contribution in [0.5, 0.6) is 0 Å². The quantitative estimate of drug-likeness (QED) is 0.924. The second-order valence-corrected chi connectivity index (χ2v) is 6.94. The van der Waals surface area contributed by atoms with Crippen molar-refractivity contribution in [2.45, 2.75) is 39.2 Å². The fraction of sp³-hybridized carbons (Fsp3) is 0.438. The maximum absolute atomic E-state index is 13.4. The number of aromatic nitrogens is 1. The van der Waals surface area contributed by atoms with Crippen LogP contribution in [-0.2, 0) is 18.4 Å². The first-order chi connectivity index (χ1) is 9.40. The molecule has 0 spiro atoms. The lowest BCUT2D eigenvalue weighted by atomic mass is 9.93. The molecule has 0 radical (unpaired) electrons. The molecule has 0 aliphatic rings. The summed E-state index contributed by atoms with van der Waals surface area (Å²) in [6.45, 7) is 7.20. The Labute approximate surface area is 124 Å². The zero-order valence-electron chi connectivity index (χ0n) is 12.5. The van der Waals surface area contributed by atoms with Crippen molar-refractivity contribution < 1.29 is 4.39 Å². The molecule has 1 heterocycles. The molecule has 1 aromatic carbocycles. The number of hydrogen-bond acceptors (Lipinski definition) is 3. The van der Waals surface area contributed by atoms with Crippen molar-refractivity contribution in [1.82, 2.24) is 10.3 Å². The highest BCUT2D eigenvalue weighted by Gasteiger charge is 2.17. The topological polar surface area (TPSA) is 24.9 Å². The van der Waals surface area contributed by atoms with Crippen molar-refractivity contribution in [3.05, 3.63) is 51.2 Å². The first-order valence-electron chi connectivity index (χ1n) is 6.77. The Morgan fingerprint density at radius 2 is 2.00 bits per heavy atom. The predicted molar refractivity (Wildman–Crippen MR) is 82.8 cm³/mol. The second kappa shape index (κ2) is 6.02. The van der Waals surface area contributed by atoms with E-state index in [2.05, 4.69) is 36.5 Å². The van der Waals surface area contributed by atoms with Gasteiger partial charge in [0.05, 0.1) is 10.7 Å². The SMILES string of the molecule is CNCc1ccc(F)cc1Cc1nc(C(C)(C)C)cs1. The molecular weight excluding hydrogens is 271 g/mol. The number of nitrogens with zero attached hydrogens (tertiary/aromatic N) is 1. The number of nitrogens with one attached hydrogen (secondary N) is 1. The van der Waals surface area contributed by atoms with E-state index in [9.17, 15) is 4.39 Å². The molecule has 2 rings (SSSR count). The molecule has 108 valence electrons. The standard InChI is InChI=1S/C16H21FN2S/c1-16(2,3)14-10-20-15(19-14)8-12-7-13(17)6-5-11(12)9-18-4/h5-7,10,18H,8-9H2,1-4H3. The minimum absolute atomic E-state index is 0.0600. The first kappa shape index (κ1) is 15.1. The van der Waals surface area contributed by atoms with E-state index in [4.69, 9.17) is 0 Å². The molecule has 0 aliphatic heterocycles. The van der Waals surface area contributed by atoms with Crippen LogP contribution in [0, 0.1) is 5.82 Å². The average molecular weight is 292 g/mol. The minimum atomic E-state index is -0.188. The Morgan fingerprint density at radius 1 is 1.25 bits per heavy atom. The van der Waals surface area contributed by atoms with E-state index < -0.39 is 0 Å². The Hall–Kier alpha value is -1.26. The van der Waals surface area contributed by atoms with Crippen LogP contribution in [0.3, 0.4) is 0 Å². The monoisotopic (exact) mass is 292 g/mol. The van der Waals surface area contributed by atoms with Crippen molar-refractivity contribution in [1.29, 1.82) is 0 Å². The molecule has 0 bridgehead atoms. The molecule has 0 amide bonds. The van der Waals surface area contributed by atoms with Crippen LogP contribution in [0.1, 0.15) is 42.6 Å². The van der Waals surface area contributed by atoms with Crippen molar-refractivity contribution in [3.8, 4) is 0 Å². The summed E-state index contributed by atoms with van der Waals surface area (Å²) in [7, 11) is 1.90. The highest BCUT2D eigenvalue weighted by atomic mass is 32.1. The van der Waals surface area contributed by atoms with Crippen molar-refractivity contribution in [2.75, 3.05) is 7.05 Å². The predicted octanol–water partition coefficient (Wildman–Crippen LogP) is 3.89. The van der Waals surface area contributed by atoms with Gasteiger partial charge in [0.2, 0.25) is 0 Å². The van der Waals surface area contributed by atoms with Gasteiger partial charge < -0.3 is 5.32 Å². The third-order valence-corrected chi connectivity index (χ3v) is 4.05. The van der Waals surface area contributed by atoms with Crippen molar-refractivity contribution in [3.63, 3.8) is 0 Å². The smallest absolute Gasteiger partial charge is 0.123 e. The fourth-order valence-corrected chi connectivity index (χ4v) is 3.07. The Morgan fingerprint density at radius 3 is 2.60 bits per heavy atom. The summed E-state index contributed by atoms with van der Waals surface area (Å²) in [6, 6.07) is 4.98. The van der Waals surface area contributed by atoms with Crippen LogP contribution in [0.15, 0.2) is 23.6 Å². The molecule has 0 saturated carbocycles. The van der Waals surface area contributed by atoms with Crippen molar-refractivity contribution >= 4 is 11.3 Å². The number of halogens is 1. The highest BCUT2D eigenvalue weighted by molar-refractivity contribution is 7.09. The van der Waals surface area contributed by atoms with Crippen LogP contribution in [0.4, 0.5) is 4.39 Å². The molecule has 2 nitrogen and oxygen atoms in total. The molecule has 4 heteroatoms. The van der Waals surface area contributed by atoms with Crippen LogP contribution < -0.4 is 5.32 Å². The van der Waals surface area contributed by atoms with E-state index in [-0.39, 0.29) is 11.2 Å². The van der Waals surface area contributed by atoms with Gasteiger partial charge in [-0.3, -0.25) is 0 Å². The maximum Gasteiger partial charge on any atom is 0.123 e. The molecule has 0 unspecified atom stereocenters. The van der Waals surface area contributed by atoms with Gasteiger partial charge in [0.25, 0.3) is 0 Å². The van der Waals surface area contributed by atoms with E-state index >= 15 is 0 Å². The van der Waals surface area contributed by atoms with E-state index in [1.165, 1.54) is 6.07 Å². The van der Waals surface area contributed by atoms with Gasteiger partial charge in [-0.05, 0) is 30.3 Å². The molecule has 0 atom stereocenters. The van der Waals surface area contributed by atoms with Gasteiger partial charge in [-0.1, -0.05) is 26.8 Å². The number of benzene rings is 1. The summed E-state index contributed by atoms with van der Waals surface area (Å²) in [5.74, 6) is -0.188. The normalized spacial score (nSPS) is 11.8. The fourth-order valence-electron chi connectivity index (χ4n) is 2.02. The average Bonchev–Trinajstić information content (AvgIpc) is 2.81. The number of thiazole rings is 1. The summed E-state index contributed by atoms with van der Waals surface area (Å²) in [6.07, 6.45) is 0.690. The van der Waals surface area contributed by atoms with Crippen LogP contribution in [0.25, 0.3) is 0 Å². The summed E-state index contributed by atoms with van der Waals surface area (Å²) in [5, 5.41) is 6.26. The van der Waals surface area contributed by atoms with E-state index in [0.29, 0.717) is 6.42 Å². The van der Waals surface area contributed by atoms with Gasteiger partial charge in [-0.2, -0.15) is 0 Å². The summed E-state index contributed by atoms with van der Waals surface area (Å²) in [4.78, 5) is 4.68. The summed E-state index contributed by atoms with van der Waals surface area (Å²) in [5.41, 5.74) is 3.30. The molecule has 0 aliphatic carbocycles. The van der Waals surface area contributed by atoms with E-state index in [1.54, 1.807) is 17.4 Å². The van der Waals surface area contributed by atoms with Crippen LogP contribution in [-0.4, -0.2) is 12.0 Å². The summed E-state index contributed by atoms with van der Waals surface area (Å²) < 4.78 is 13.4. The van der Waals surface area contributed by atoms with Crippen LogP contribution in [0.2, 0.25) is 0 Å². The Kier molecular flexibility index (Phi) is 4.55. The summed E-state index contributed by atoms with van der Waals surface area (Å²) >= 11 is 1.65. The zero-order chi connectivity index (χ0) is 14.8. The van der Waals surface area contributed by atoms with E-state index in [0.717, 1.165) is 28.4 Å². The molecular formula is C16H21FN2S. The molecule has 2 aromatic rings. The third-order valence-electron chi connectivity index (χ3n) is 3.20. The van der Waals surface area contributed by atoms with Gasteiger partial charge >= 0.3 is 0 Å². The van der Waals surface area contributed by atoms with Gasteiger partial charge in [0.15, 0.2) is 0 Å². The third kappa shape index (κ3) is 3.64. The van der Waals surface area contributed by atoms with Crippen molar-refractivity contribution in [2.24, 2.45) is 0 Å². The van der Waals surface area contributed by atoms with Gasteiger partial charge in [-0.25, -0.2) is 9.37 Å². The number of hydrogen-bond donors (Lipinski definition) is 1. The number of rotatable bonds is 4. The van der Waals surface area contributed by atoms with Crippen LogP contribution >= 0.6 is 11.3 Å².